The van der Waals surface area contributed by atoms with Gasteiger partial charge in [0.1, 0.15) is 24.4 Å². The quantitative estimate of drug-likeness (QED) is 0.0519. The number of carbonyl (C=O) groups excluding carboxylic acids is 1. The van der Waals surface area contributed by atoms with Crippen molar-refractivity contribution in [2.24, 2.45) is 0 Å². The molecule has 6 N–H and O–H groups in total. The fourth-order valence-corrected chi connectivity index (χ4v) is 5.23. The summed E-state index contributed by atoms with van der Waals surface area (Å²) >= 11 is 0. The molecule has 1 saturated heterocycles. The lowest BCUT2D eigenvalue weighted by Crippen LogP contribution is -2.60. The second-order valence-corrected chi connectivity index (χ2v) is 12.3. The third-order valence-corrected chi connectivity index (χ3v) is 8.17. The summed E-state index contributed by atoms with van der Waals surface area (Å²) in [4.78, 5) is 12.8. The average molecular weight is 640 g/mol. The van der Waals surface area contributed by atoms with Gasteiger partial charge in [0, 0.05) is 6.42 Å². The van der Waals surface area contributed by atoms with E-state index in [0.29, 0.717) is 6.42 Å². The smallest absolute Gasteiger partial charge is 0.220 e. The van der Waals surface area contributed by atoms with E-state index >= 15 is 0 Å². The highest BCUT2D eigenvalue weighted by Gasteiger charge is 2.44. The second-order valence-electron chi connectivity index (χ2n) is 12.3. The van der Waals surface area contributed by atoms with E-state index in [-0.39, 0.29) is 12.5 Å². The third kappa shape index (κ3) is 19.6. The van der Waals surface area contributed by atoms with Crippen LogP contribution in [-0.2, 0) is 14.3 Å². The van der Waals surface area contributed by atoms with E-state index in [2.05, 4.69) is 43.5 Å². The van der Waals surface area contributed by atoms with Gasteiger partial charge in [0.2, 0.25) is 5.91 Å². The first-order chi connectivity index (χ1) is 21.8. The van der Waals surface area contributed by atoms with Crippen molar-refractivity contribution < 1.29 is 39.8 Å². The summed E-state index contributed by atoms with van der Waals surface area (Å²) < 4.78 is 11.1. The van der Waals surface area contributed by atoms with Crippen molar-refractivity contribution in [2.75, 3.05) is 13.2 Å². The Bertz CT molecular complexity index is 802. The molecular weight excluding hydrogens is 574 g/mol. The minimum absolute atomic E-state index is 0.204. The molecule has 0 radical (unpaired) electrons. The van der Waals surface area contributed by atoms with Crippen LogP contribution in [0.25, 0.3) is 0 Å². The zero-order valence-corrected chi connectivity index (χ0v) is 28.1. The molecule has 0 aromatic heterocycles. The molecule has 1 fully saturated rings. The lowest BCUT2D eigenvalue weighted by molar-refractivity contribution is -0.302. The number of nitrogens with one attached hydrogen (secondary N) is 1. The first-order valence-electron chi connectivity index (χ1n) is 17.7. The van der Waals surface area contributed by atoms with Gasteiger partial charge in [0.15, 0.2) is 6.29 Å². The molecule has 9 nitrogen and oxygen atoms in total. The summed E-state index contributed by atoms with van der Waals surface area (Å²) in [6.07, 6.45) is 23.6. The standard InChI is InChI=1S/C36H65NO8/c1-3-5-7-9-11-12-13-14-15-16-17-18-20-22-24-26-32(40)37-29(30(39)25-23-21-19-10-8-6-4-2)28-44-36-35(43)34(42)33(41)31(27-38)45-36/h8,10,14-15,23,25,29-31,33-36,38-39,41-43H,3-7,9,11-13,16-22,24,26-28H2,1-2H3,(H,37,40)/b10-8+,15-14-,25-23+. The summed E-state index contributed by atoms with van der Waals surface area (Å²) in [5.41, 5.74) is 0. The fraction of sp³-hybridized carbons (Fsp3) is 0.806. The molecule has 262 valence electrons. The van der Waals surface area contributed by atoms with E-state index < -0.39 is 49.5 Å². The maximum absolute atomic E-state index is 12.8. The van der Waals surface area contributed by atoms with Crippen LogP contribution in [0.4, 0.5) is 0 Å². The Morgan fingerprint density at radius 3 is 1.96 bits per heavy atom. The number of carbonyl (C=O) groups is 1. The highest BCUT2D eigenvalue weighted by molar-refractivity contribution is 5.76. The van der Waals surface area contributed by atoms with Crippen molar-refractivity contribution in [1.82, 2.24) is 5.32 Å². The van der Waals surface area contributed by atoms with E-state index in [1.807, 2.05) is 6.08 Å². The molecular formula is C36H65NO8. The first-order valence-corrected chi connectivity index (χ1v) is 17.7. The summed E-state index contributed by atoms with van der Waals surface area (Å²) in [6, 6.07) is -0.820. The molecule has 1 aliphatic heterocycles. The second kappa shape index (κ2) is 27.5. The van der Waals surface area contributed by atoms with Crippen LogP contribution >= 0.6 is 0 Å². The molecule has 0 saturated carbocycles. The first kappa shape index (κ1) is 41.4. The average Bonchev–Trinajstić information content (AvgIpc) is 3.04. The molecule has 45 heavy (non-hydrogen) atoms. The minimum atomic E-state index is -1.57. The lowest BCUT2D eigenvalue weighted by Gasteiger charge is -2.40. The van der Waals surface area contributed by atoms with E-state index in [0.717, 1.165) is 64.2 Å². The molecule has 0 aliphatic carbocycles. The van der Waals surface area contributed by atoms with Crippen LogP contribution in [0.1, 0.15) is 129 Å². The Balaban J connectivity index is 2.44. The maximum Gasteiger partial charge on any atom is 0.220 e. The maximum atomic E-state index is 12.8. The third-order valence-electron chi connectivity index (χ3n) is 8.17. The van der Waals surface area contributed by atoms with Crippen LogP contribution in [0, 0.1) is 0 Å². The lowest BCUT2D eigenvalue weighted by atomic mass is 9.99. The van der Waals surface area contributed by atoms with Crippen LogP contribution < -0.4 is 5.32 Å². The zero-order valence-electron chi connectivity index (χ0n) is 28.1. The number of amides is 1. The van der Waals surface area contributed by atoms with E-state index in [9.17, 15) is 30.3 Å². The number of aliphatic hydroxyl groups is 5. The van der Waals surface area contributed by atoms with Gasteiger partial charge >= 0.3 is 0 Å². The van der Waals surface area contributed by atoms with Crippen molar-refractivity contribution in [2.45, 2.75) is 172 Å². The molecule has 1 aliphatic rings. The van der Waals surface area contributed by atoms with Gasteiger partial charge in [-0.3, -0.25) is 4.79 Å². The van der Waals surface area contributed by atoms with Crippen LogP contribution in [0.2, 0.25) is 0 Å². The molecule has 0 aromatic carbocycles. The fourth-order valence-electron chi connectivity index (χ4n) is 5.23. The van der Waals surface area contributed by atoms with Crippen LogP contribution in [0.3, 0.4) is 0 Å². The number of aliphatic hydroxyl groups excluding tert-OH is 5. The van der Waals surface area contributed by atoms with Crippen molar-refractivity contribution in [3.8, 4) is 0 Å². The van der Waals surface area contributed by atoms with Crippen LogP contribution in [0.15, 0.2) is 36.5 Å². The molecule has 7 unspecified atom stereocenters. The highest BCUT2D eigenvalue weighted by Crippen LogP contribution is 2.22. The number of unbranched alkanes of at least 4 members (excludes halogenated alkanes) is 13. The van der Waals surface area contributed by atoms with Gasteiger partial charge in [-0.25, -0.2) is 0 Å². The van der Waals surface area contributed by atoms with Gasteiger partial charge in [-0.2, -0.15) is 0 Å². The van der Waals surface area contributed by atoms with Gasteiger partial charge in [0.25, 0.3) is 0 Å². The van der Waals surface area contributed by atoms with Gasteiger partial charge < -0.3 is 40.3 Å². The van der Waals surface area contributed by atoms with Crippen molar-refractivity contribution in [1.29, 1.82) is 0 Å². The summed E-state index contributed by atoms with van der Waals surface area (Å²) in [5.74, 6) is -0.204. The molecule has 9 heteroatoms. The molecule has 7 atom stereocenters. The predicted molar refractivity (Wildman–Crippen MR) is 180 cm³/mol. The Morgan fingerprint density at radius 2 is 1.31 bits per heavy atom. The molecule has 0 bridgehead atoms. The Kier molecular flexibility index (Phi) is 25.3. The molecule has 1 rings (SSSR count). The SMILES string of the molecule is CCC/C=C/CC/C=C/C(O)C(COC1OC(CO)C(O)C(O)C1O)NC(=O)CCCCCCC/C=C\CCCCCCCC. The predicted octanol–water partition coefficient (Wildman–Crippen LogP) is 5.38. The summed E-state index contributed by atoms with van der Waals surface area (Å²) in [7, 11) is 0. The number of hydrogen-bond donors (Lipinski definition) is 6. The molecule has 0 aromatic rings. The van der Waals surface area contributed by atoms with Crippen molar-refractivity contribution in [3.63, 3.8) is 0 Å². The normalized spacial score (nSPS) is 23.8. The van der Waals surface area contributed by atoms with Crippen LogP contribution in [0.5, 0.6) is 0 Å². The topological polar surface area (TPSA) is 149 Å². The minimum Gasteiger partial charge on any atom is -0.394 e. The molecule has 1 heterocycles. The van der Waals surface area contributed by atoms with E-state index in [4.69, 9.17) is 9.47 Å². The van der Waals surface area contributed by atoms with Crippen LogP contribution in [-0.4, -0.2) is 87.5 Å². The highest BCUT2D eigenvalue weighted by atomic mass is 16.7. The van der Waals surface area contributed by atoms with Crippen molar-refractivity contribution >= 4 is 5.91 Å². The Hall–Kier alpha value is -1.59. The Labute approximate surface area is 272 Å². The van der Waals surface area contributed by atoms with E-state index in [1.54, 1.807) is 6.08 Å². The summed E-state index contributed by atoms with van der Waals surface area (Å²) in [5, 5.41) is 53.5. The number of hydrogen-bond acceptors (Lipinski definition) is 8. The van der Waals surface area contributed by atoms with E-state index in [1.165, 1.54) is 44.9 Å². The summed E-state index contributed by atoms with van der Waals surface area (Å²) in [6.45, 7) is 3.59. The van der Waals surface area contributed by atoms with Gasteiger partial charge in [-0.05, 0) is 51.4 Å². The number of ether oxygens (including phenoxy) is 2. The van der Waals surface area contributed by atoms with Gasteiger partial charge in [-0.15, -0.1) is 0 Å². The van der Waals surface area contributed by atoms with Crippen molar-refractivity contribution in [3.05, 3.63) is 36.5 Å². The number of allylic oxidation sites excluding steroid dienone is 5. The zero-order chi connectivity index (χ0) is 33.1. The largest absolute Gasteiger partial charge is 0.394 e. The van der Waals surface area contributed by atoms with Gasteiger partial charge in [0.05, 0.1) is 25.4 Å². The number of rotatable bonds is 27. The molecule has 1 amide bonds. The van der Waals surface area contributed by atoms with Gasteiger partial charge in [-0.1, -0.05) is 108 Å². The monoisotopic (exact) mass is 639 g/mol. The Morgan fingerprint density at radius 1 is 0.733 bits per heavy atom. The molecule has 0 spiro atoms.